The highest BCUT2D eigenvalue weighted by Crippen LogP contribution is 2.21. The van der Waals surface area contributed by atoms with Gasteiger partial charge in [0.2, 0.25) is 0 Å². The Balaban J connectivity index is 1.77. The smallest absolute Gasteiger partial charge is 0.307 e. The number of thioether (sulfide) groups is 1. The van der Waals surface area contributed by atoms with Crippen LogP contribution in [0, 0.1) is 23.0 Å². The van der Waals surface area contributed by atoms with Crippen LogP contribution in [0.5, 0.6) is 0 Å². The fraction of sp³-hybridized carbons (Fsp3) is 0.211. The Hall–Kier alpha value is -2.92. The van der Waals surface area contributed by atoms with E-state index in [1.165, 1.54) is 30.8 Å². The van der Waals surface area contributed by atoms with E-state index in [-0.39, 0.29) is 6.42 Å². The van der Waals surface area contributed by atoms with Crippen LogP contribution >= 0.6 is 11.8 Å². The van der Waals surface area contributed by atoms with Crippen LogP contribution in [0.1, 0.15) is 18.9 Å². The quantitative estimate of drug-likeness (QED) is 0.573. The summed E-state index contributed by atoms with van der Waals surface area (Å²) < 4.78 is 31.0. The van der Waals surface area contributed by atoms with Crippen molar-refractivity contribution in [2.24, 2.45) is 0 Å². The number of nitrogens with zero attached hydrogens (tertiary/aromatic N) is 1. The molecule has 2 rings (SSSR count). The zero-order valence-corrected chi connectivity index (χ0v) is 15.2. The first-order chi connectivity index (χ1) is 12.9. The molecule has 0 radical (unpaired) electrons. The van der Waals surface area contributed by atoms with Crippen LogP contribution in [0.25, 0.3) is 0 Å². The molecule has 8 heteroatoms. The molecule has 0 aliphatic carbocycles. The fourth-order valence-corrected chi connectivity index (χ4v) is 2.89. The number of carbonyl (C=O) groups excluding carboxylic acids is 2. The van der Waals surface area contributed by atoms with Crippen molar-refractivity contribution in [3.63, 3.8) is 0 Å². The second-order valence-corrected chi connectivity index (χ2v) is 6.66. The Morgan fingerprint density at radius 2 is 2.00 bits per heavy atom. The predicted octanol–water partition coefficient (Wildman–Crippen LogP) is 3.89. The first-order valence-electron chi connectivity index (χ1n) is 7.97. The number of nitrogens with one attached hydrogen (secondary N) is 1. The zero-order valence-electron chi connectivity index (χ0n) is 14.4. The minimum absolute atomic E-state index is 0.00516. The Bertz CT molecular complexity index is 883. The van der Waals surface area contributed by atoms with Crippen molar-refractivity contribution in [1.82, 2.24) is 0 Å². The van der Waals surface area contributed by atoms with Gasteiger partial charge < -0.3 is 10.1 Å². The van der Waals surface area contributed by atoms with Gasteiger partial charge in [-0.2, -0.15) is 5.26 Å². The molecule has 0 aliphatic rings. The Morgan fingerprint density at radius 1 is 1.22 bits per heavy atom. The van der Waals surface area contributed by atoms with Gasteiger partial charge in [0.05, 0.1) is 18.1 Å². The lowest BCUT2D eigenvalue weighted by Gasteiger charge is -2.13. The number of esters is 1. The maximum Gasteiger partial charge on any atom is 0.307 e. The molecule has 2 aromatic carbocycles. The molecular formula is C19H16F2N2O3S. The third kappa shape index (κ3) is 6.38. The van der Waals surface area contributed by atoms with E-state index in [1.807, 2.05) is 6.07 Å². The number of nitriles is 1. The SMILES string of the molecule is C[C@@H](OC(=O)CCSc1ccc(F)c(F)c1)C(=O)Nc1cccc(C#N)c1. The molecule has 0 saturated heterocycles. The van der Waals surface area contributed by atoms with Gasteiger partial charge in [0, 0.05) is 16.3 Å². The van der Waals surface area contributed by atoms with E-state index in [9.17, 15) is 18.4 Å². The van der Waals surface area contributed by atoms with Gasteiger partial charge in [0.1, 0.15) is 0 Å². The lowest BCUT2D eigenvalue weighted by atomic mass is 10.2. The summed E-state index contributed by atoms with van der Waals surface area (Å²) in [5, 5.41) is 11.4. The predicted molar refractivity (Wildman–Crippen MR) is 97.0 cm³/mol. The summed E-state index contributed by atoms with van der Waals surface area (Å²) in [6.45, 7) is 1.43. The summed E-state index contributed by atoms with van der Waals surface area (Å²) in [6, 6.07) is 11.8. The number of amides is 1. The summed E-state index contributed by atoms with van der Waals surface area (Å²) in [4.78, 5) is 24.4. The van der Waals surface area contributed by atoms with Gasteiger partial charge in [-0.15, -0.1) is 11.8 Å². The highest BCUT2D eigenvalue weighted by atomic mass is 32.2. The second-order valence-electron chi connectivity index (χ2n) is 5.49. The molecule has 0 aromatic heterocycles. The van der Waals surface area contributed by atoms with Crippen molar-refractivity contribution >= 4 is 29.3 Å². The number of anilines is 1. The van der Waals surface area contributed by atoms with Gasteiger partial charge in [-0.3, -0.25) is 9.59 Å². The van der Waals surface area contributed by atoms with Crippen LogP contribution in [0.15, 0.2) is 47.4 Å². The monoisotopic (exact) mass is 390 g/mol. The van der Waals surface area contributed by atoms with E-state index in [1.54, 1.807) is 18.2 Å². The second kappa shape index (κ2) is 9.69. The van der Waals surface area contributed by atoms with Gasteiger partial charge in [0.15, 0.2) is 17.7 Å². The standard InChI is InChI=1S/C19H16F2N2O3S/c1-12(19(25)23-14-4-2-3-13(9-14)11-22)26-18(24)7-8-27-15-5-6-16(20)17(21)10-15/h2-6,9-10,12H,7-8H2,1H3,(H,23,25)/t12-/m1/s1. The third-order valence-corrected chi connectivity index (χ3v) is 4.40. The van der Waals surface area contributed by atoms with Crippen molar-refractivity contribution in [3.05, 3.63) is 59.7 Å². The average Bonchev–Trinajstić information content (AvgIpc) is 2.64. The number of benzene rings is 2. The van der Waals surface area contributed by atoms with Gasteiger partial charge in [-0.25, -0.2) is 8.78 Å². The van der Waals surface area contributed by atoms with E-state index >= 15 is 0 Å². The van der Waals surface area contributed by atoms with Crippen LogP contribution in [0.2, 0.25) is 0 Å². The summed E-state index contributed by atoms with van der Waals surface area (Å²) in [7, 11) is 0. The van der Waals surface area contributed by atoms with Crippen LogP contribution in [0.3, 0.4) is 0 Å². The maximum absolute atomic E-state index is 13.1. The van der Waals surface area contributed by atoms with E-state index < -0.39 is 29.6 Å². The number of rotatable bonds is 7. The van der Waals surface area contributed by atoms with E-state index in [0.29, 0.717) is 21.9 Å². The molecular weight excluding hydrogens is 374 g/mol. The largest absolute Gasteiger partial charge is 0.453 e. The number of halogens is 2. The van der Waals surface area contributed by atoms with Crippen LogP contribution in [-0.2, 0) is 14.3 Å². The Labute approximate surface area is 159 Å². The van der Waals surface area contributed by atoms with Gasteiger partial charge >= 0.3 is 5.97 Å². The number of hydrogen-bond donors (Lipinski definition) is 1. The van der Waals surface area contributed by atoms with Crippen LogP contribution in [-0.4, -0.2) is 23.7 Å². The van der Waals surface area contributed by atoms with Gasteiger partial charge in [-0.05, 0) is 43.3 Å². The lowest BCUT2D eigenvalue weighted by Crippen LogP contribution is -2.30. The topological polar surface area (TPSA) is 79.2 Å². The minimum Gasteiger partial charge on any atom is -0.453 e. The summed E-state index contributed by atoms with van der Waals surface area (Å²) >= 11 is 1.18. The molecule has 1 N–H and O–H groups in total. The Kier molecular flexibility index (Phi) is 7.32. The van der Waals surface area contributed by atoms with Crippen molar-refractivity contribution in [2.75, 3.05) is 11.1 Å². The molecule has 0 bridgehead atoms. The highest BCUT2D eigenvalue weighted by Gasteiger charge is 2.18. The zero-order chi connectivity index (χ0) is 19.8. The van der Waals surface area contributed by atoms with Gasteiger partial charge in [0.25, 0.3) is 5.91 Å². The molecule has 0 unspecified atom stereocenters. The number of hydrogen-bond acceptors (Lipinski definition) is 5. The molecule has 5 nitrogen and oxygen atoms in total. The molecule has 0 spiro atoms. The average molecular weight is 390 g/mol. The molecule has 0 fully saturated rings. The first-order valence-corrected chi connectivity index (χ1v) is 8.96. The molecule has 27 heavy (non-hydrogen) atoms. The van der Waals surface area contributed by atoms with Crippen molar-refractivity contribution < 1.29 is 23.1 Å². The molecule has 1 amide bonds. The van der Waals surface area contributed by atoms with Crippen LogP contribution in [0.4, 0.5) is 14.5 Å². The van der Waals surface area contributed by atoms with Crippen molar-refractivity contribution in [2.45, 2.75) is 24.3 Å². The summed E-state index contributed by atoms with van der Waals surface area (Å²) in [5.74, 6) is -2.69. The first kappa shape index (κ1) is 20.4. The molecule has 0 heterocycles. The van der Waals surface area contributed by atoms with Crippen molar-refractivity contribution in [3.8, 4) is 6.07 Å². The maximum atomic E-state index is 13.1. The third-order valence-electron chi connectivity index (χ3n) is 3.40. The Morgan fingerprint density at radius 3 is 2.70 bits per heavy atom. The lowest BCUT2D eigenvalue weighted by molar-refractivity contribution is -0.152. The molecule has 2 aromatic rings. The van der Waals surface area contributed by atoms with E-state index in [0.717, 1.165) is 12.1 Å². The molecule has 140 valence electrons. The summed E-state index contributed by atoms with van der Waals surface area (Å²) in [5.41, 5.74) is 0.822. The fourth-order valence-electron chi connectivity index (χ4n) is 2.04. The van der Waals surface area contributed by atoms with E-state index in [4.69, 9.17) is 10.00 Å². The molecule has 0 aliphatic heterocycles. The molecule has 1 atom stereocenters. The normalized spacial score (nSPS) is 11.3. The summed E-state index contributed by atoms with van der Waals surface area (Å²) in [6.07, 6.45) is -1.01. The van der Waals surface area contributed by atoms with Crippen molar-refractivity contribution in [1.29, 1.82) is 5.26 Å². The van der Waals surface area contributed by atoms with Gasteiger partial charge in [-0.1, -0.05) is 6.07 Å². The molecule has 0 saturated carbocycles. The number of carbonyl (C=O) groups is 2. The van der Waals surface area contributed by atoms with Crippen LogP contribution < -0.4 is 5.32 Å². The number of ether oxygens (including phenoxy) is 1. The van der Waals surface area contributed by atoms with E-state index in [2.05, 4.69) is 5.32 Å². The minimum atomic E-state index is -1.02. The highest BCUT2D eigenvalue weighted by molar-refractivity contribution is 7.99.